The first-order chi connectivity index (χ1) is 15.1. The molecule has 1 aromatic carbocycles. The zero-order chi connectivity index (χ0) is 23.8. The van der Waals surface area contributed by atoms with Crippen molar-refractivity contribution in [2.45, 2.75) is 39.9 Å². The van der Waals surface area contributed by atoms with Gasteiger partial charge >= 0.3 is 0 Å². The Morgan fingerprint density at radius 2 is 2.03 bits per heavy atom. The molecule has 1 aromatic heterocycles. The molecular weight excluding hydrogens is 397 g/mol. The van der Waals surface area contributed by atoms with E-state index in [-0.39, 0.29) is 5.91 Å². The number of aryl methyl sites for hydroxylation is 1. The van der Waals surface area contributed by atoms with Crippen molar-refractivity contribution in [2.75, 3.05) is 32.5 Å². The molecule has 0 saturated carbocycles. The van der Waals surface area contributed by atoms with E-state index in [1.807, 2.05) is 38.7 Å². The Kier molecular flexibility index (Phi) is 9.33. The Hall–Kier alpha value is -2.80. The molecule has 1 radical (unpaired) electrons. The topological polar surface area (TPSA) is 61.7 Å². The number of carbonyl (C=O) groups excluding carboxylic acids is 1. The second-order valence-electron chi connectivity index (χ2n) is 8.74. The monoisotopic (exact) mass is 434 g/mol. The van der Waals surface area contributed by atoms with Crippen LogP contribution in [-0.2, 0) is 7.05 Å². The van der Waals surface area contributed by atoms with Crippen LogP contribution in [0.3, 0.4) is 0 Å². The average molecular weight is 434 g/mol. The first kappa shape index (κ1) is 25.5. The third-order valence-electron chi connectivity index (χ3n) is 5.07. The molecule has 0 spiro atoms. The number of anilines is 1. The van der Waals surface area contributed by atoms with E-state index >= 15 is 0 Å². The highest BCUT2D eigenvalue weighted by atomic mass is 16.1. The molecule has 1 heterocycles. The summed E-state index contributed by atoms with van der Waals surface area (Å²) in [5.41, 5.74) is 3.87. The summed E-state index contributed by atoms with van der Waals surface area (Å²) in [6, 6.07) is 8.13. The molecule has 0 aliphatic carbocycles. The Morgan fingerprint density at radius 1 is 1.31 bits per heavy atom. The van der Waals surface area contributed by atoms with Crippen molar-refractivity contribution in [1.29, 1.82) is 0 Å². The number of aliphatic imine (C=N–C) groups is 1. The summed E-state index contributed by atoms with van der Waals surface area (Å²) in [6.07, 6.45) is 2.64. The predicted octanol–water partition coefficient (Wildman–Crippen LogP) is 1.85. The maximum Gasteiger partial charge on any atom is 0.267 e. The number of amides is 1. The lowest BCUT2D eigenvalue weighted by Gasteiger charge is -2.15. The van der Waals surface area contributed by atoms with Crippen LogP contribution in [0.15, 0.2) is 29.3 Å². The van der Waals surface area contributed by atoms with Crippen LogP contribution in [-0.4, -0.2) is 56.1 Å². The van der Waals surface area contributed by atoms with Crippen molar-refractivity contribution in [3.05, 3.63) is 46.1 Å². The summed E-state index contributed by atoms with van der Waals surface area (Å²) in [6.45, 7) is 14.0. The lowest BCUT2D eigenvalue weighted by molar-refractivity contribution is 0.0944. The smallest absolute Gasteiger partial charge is 0.267 e. The second-order valence-corrected chi connectivity index (χ2v) is 8.74. The van der Waals surface area contributed by atoms with Crippen molar-refractivity contribution in [2.24, 2.45) is 12.0 Å². The van der Waals surface area contributed by atoms with Gasteiger partial charge in [-0.3, -0.25) is 4.79 Å². The minimum Gasteiger partial charge on any atom is -0.351 e. The van der Waals surface area contributed by atoms with Crippen molar-refractivity contribution in [1.82, 2.24) is 14.8 Å². The number of hydrogen-bond acceptors (Lipinski definition) is 4. The van der Waals surface area contributed by atoms with E-state index in [0.717, 1.165) is 34.7 Å². The van der Waals surface area contributed by atoms with E-state index in [0.29, 0.717) is 23.9 Å². The van der Waals surface area contributed by atoms with E-state index in [2.05, 4.69) is 73.4 Å². The first-order valence-corrected chi connectivity index (χ1v) is 11.2. The summed E-state index contributed by atoms with van der Waals surface area (Å²) < 4.78 is 1.86. The van der Waals surface area contributed by atoms with Gasteiger partial charge in [0.1, 0.15) is 5.69 Å². The van der Waals surface area contributed by atoms with E-state index in [4.69, 9.17) is 0 Å². The molecule has 2 rings (SSSR count). The van der Waals surface area contributed by atoms with Gasteiger partial charge in [0.2, 0.25) is 0 Å². The fraction of sp³-hybridized carbons (Fsp3) is 0.440. The van der Waals surface area contributed by atoms with Gasteiger partial charge in [0.25, 0.3) is 5.91 Å². The molecule has 1 amide bonds. The van der Waals surface area contributed by atoms with Crippen LogP contribution in [0.5, 0.6) is 0 Å². The highest BCUT2D eigenvalue weighted by Crippen LogP contribution is 2.12. The number of nitrogens with zero attached hydrogens (tertiary/aromatic N) is 3. The minimum atomic E-state index is -0.105. The Labute approximate surface area is 193 Å². The lowest BCUT2D eigenvalue weighted by atomic mass is 9.60. The average Bonchev–Trinajstić information content (AvgIpc) is 3.00. The summed E-state index contributed by atoms with van der Waals surface area (Å²) >= 11 is 0. The van der Waals surface area contributed by atoms with E-state index in [9.17, 15) is 4.79 Å². The second kappa shape index (κ2) is 11.7. The molecule has 2 aromatic rings. The third kappa shape index (κ3) is 6.85. The molecular formula is C25H37BN5O. The SMILES string of the molecule is C=c1cc(C(=O)NCCCN(C)C)n(C)/c1=C(/N=CC)Nc1ccc(C)cc1[B]C(C)C. The highest BCUT2D eigenvalue weighted by Gasteiger charge is 2.14. The zero-order valence-corrected chi connectivity index (χ0v) is 20.6. The minimum absolute atomic E-state index is 0.105. The standard InChI is InChI=1S/C25H37BN5O/c1-9-27-24(29-21-12-11-18(4)15-20(21)26-17(2)3)23-19(5)16-22(31(23)8)25(32)28-13-10-14-30(6)7/h9,11-12,15-17,29H,5,10,13-14H2,1-4,6-8H3,(H,28,32)/b24-23-,27-9?. The molecule has 0 aliphatic heterocycles. The number of hydrogen-bond donors (Lipinski definition) is 2. The van der Waals surface area contributed by atoms with E-state index in [1.54, 1.807) is 6.21 Å². The molecule has 171 valence electrons. The quantitative estimate of drug-likeness (QED) is 0.341. The summed E-state index contributed by atoms with van der Waals surface area (Å²) in [7, 11) is 8.15. The molecule has 0 bridgehead atoms. The van der Waals surface area contributed by atoms with Crippen LogP contribution in [0.4, 0.5) is 5.69 Å². The molecule has 6 nitrogen and oxygen atoms in total. The number of nitrogens with one attached hydrogen (secondary N) is 2. The van der Waals surface area contributed by atoms with Gasteiger partial charge < -0.3 is 20.1 Å². The van der Waals surface area contributed by atoms with Gasteiger partial charge in [-0.25, -0.2) is 4.99 Å². The summed E-state index contributed by atoms with van der Waals surface area (Å²) in [5.74, 6) is 0.969. The Balaban J connectivity index is 2.43. The van der Waals surface area contributed by atoms with Gasteiger partial charge in [-0.2, -0.15) is 0 Å². The molecule has 2 N–H and O–H groups in total. The zero-order valence-electron chi connectivity index (χ0n) is 20.6. The Bertz CT molecular complexity index is 1070. The normalized spacial score (nSPS) is 12.5. The fourth-order valence-corrected chi connectivity index (χ4v) is 3.58. The maximum atomic E-state index is 12.8. The molecule has 0 saturated heterocycles. The molecule has 0 atom stereocenters. The van der Waals surface area contributed by atoms with Gasteiger partial charge in [-0.1, -0.05) is 49.4 Å². The largest absolute Gasteiger partial charge is 0.351 e. The fourth-order valence-electron chi connectivity index (χ4n) is 3.58. The molecule has 0 unspecified atom stereocenters. The van der Waals surface area contributed by atoms with E-state index in [1.165, 1.54) is 5.56 Å². The first-order valence-electron chi connectivity index (χ1n) is 11.2. The molecule has 0 fully saturated rings. The number of carbonyl (C=O) groups is 1. The van der Waals surface area contributed by atoms with Crippen LogP contribution in [0.1, 0.15) is 43.2 Å². The van der Waals surface area contributed by atoms with Gasteiger partial charge in [-0.15, -0.1) is 0 Å². The van der Waals surface area contributed by atoms with Crippen LogP contribution in [0.25, 0.3) is 12.4 Å². The lowest BCUT2D eigenvalue weighted by Crippen LogP contribution is -2.34. The summed E-state index contributed by atoms with van der Waals surface area (Å²) in [5, 5.41) is 8.03. The molecule has 7 heteroatoms. The van der Waals surface area contributed by atoms with Gasteiger partial charge in [0.05, 0.1) is 5.35 Å². The Morgan fingerprint density at radius 3 is 2.66 bits per heavy atom. The van der Waals surface area contributed by atoms with Gasteiger partial charge in [0.15, 0.2) is 13.1 Å². The predicted molar refractivity (Wildman–Crippen MR) is 139 cm³/mol. The van der Waals surface area contributed by atoms with Crippen LogP contribution < -0.4 is 26.7 Å². The highest BCUT2D eigenvalue weighted by molar-refractivity contribution is 6.57. The number of rotatable bonds is 10. The van der Waals surface area contributed by atoms with Crippen molar-refractivity contribution in [3.8, 4) is 0 Å². The summed E-state index contributed by atoms with van der Waals surface area (Å²) in [4.78, 5) is 19.5. The molecule has 0 aliphatic rings. The number of benzene rings is 1. The van der Waals surface area contributed by atoms with Crippen molar-refractivity contribution >= 4 is 43.0 Å². The van der Waals surface area contributed by atoms with Crippen molar-refractivity contribution in [3.63, 3.8) is 0 Å². The number of aromatic nitrogens is 1. The van der Waals surface area contributed by atoms with Crippen LogP contribution >= 0.6 is 0 Å². The molecule has 32 heavy (non-hydrogen) atoms. The van der Waals surface area contributed by atoms with Gasteiger partial charge in [-0.05, 0) is 58.3 Å². The van der Waals surface area contributed by atoms with E-state index < -0.39 is 0 Å². The maximum absolute atomic E-state index is 12.8. The third-order valence-corrected chi connectivity index (χ3v) is 5.07. The van der Waals surface area contributed by atoms with Gasteiger partial charge in [0, 0.05) is 25.5 Å². The van der Waals surface area contributed by atoms with Crippen molar-refractivity contribution < 1.29 is 4.79 Å². The van der Waals surface area contributed by atoms with Crippen LogP contribution in [0.2, 0.25) is 5.82 Å². The van der Waals surface area contributed by atoms with Crippen LogP contribution in [0, 0.1) is 6.92 Å².